The Morgan fingerprint density at radius 1 is 1.50 bits per heavy atom. The molecule has 0 radical (unpaired) electrons. The van der Waals surface area contributed by atoms with Crippen LogP contribution in [0, 0.1) is 5.41 Å². The van der Waals surface area contributed by atoms with Gasteiger partial charge in [0.1, 0.15) is 0 Å². The van der Waals surface area contributed by atoms with Gasteiger partial charge in [-0.15, -0.1) is 0 Å². The molecule has 2 rings (SSSR count). The van der Waals surface area contributed by atoms with E-state index in [-0.39, 0.29) is 6.04 Å². The fourth-order valence-electron chi connectivity index (χ4n) is 3.08. The second kappa shape index (κ2) is 4.58. The van der Waals surface area contributed by atoms with Crippen molar-refractivity contribution in [3.05, 3.63) is 18.0 Å². The molecule has 1 aromatic heterocycles. The minimum atomic E-state index is 0.273. The average molecular weight is 221 g/mol. The first-order valence-corrected chi connectivity index (χ1v) is 6.40. The third-order valence-corrected chi connectivity index (χ3v) is 4.29. The van der Waals surface area contributed by atoms with Crippen molar-refractivity contribution in [2.45, 2.75) is 51.5 Å². The van der Waals surface area contributed by atoms with Gasteiger partial charge in [-0.25, -0.2) is 0 Å². The molecular formula is C13H23N3. The fraction of sp³-hybridized carbons (Fsp3) is 0.769. The van der Waals surface area contributed by atoms with Crippen LogP contribution in [0.3, 0.4) is 0 Å². The highest BCUT2D eigenvalue weighted by molar-refractivity contribution is 5.05. The monoisotopic (exact) mass is 221 g/mol. The summed E-state index contributed by atoms with van der Waals surface area (Å²) in [5.74, 6) is 0. The Hall–Kier alpha value is -0.830. The van der Waals surface area contributed by atoms with Crippen molar-refractivity contribution < 1.29 is 0 Å². The number of rotatable bonds is 4. The van der Waals surface area contributed by atoms with Crippen LogP contribution in [0.2, 0.25) is 0 Å². The number of nitrogens with two attached hydrogens (primary N) is 1. The molecule has 1 saturated carbocycles. The predicted molar refractivity (Wildman–Crippen MR) is 66.1 cm³/mol. The Morgan fingerprint density at radius 2 is 2.19 bits per heavy atom. The maximum atomic E-state index is 6.42. The van der Waals surface area contributed by atoms with Crippen LogP contribution in [0.5, 0.6) is 0 Å². The molecule has 0 amide bonds. The van der Waals surface area contributed by atoms with E-state index in [0.717, 1.165) is 12.1 Å². The van der Waals surface area contributed by atoms with Crippen LogP contribution in [-0.4, -0.2) is 15.8 Å². The molecule has 0 saturated heterocycles. The van der Waals surface area contributed by atoms with Gasteiger partial charge in [-0.05, 0) is 30.7 Å². The summed E-state index contributed by atoms with van der Waals surface area (Å²) in [5.41, 5.74) is 7.94. The molecular weight excluding hydrogens is 198 g/mol. The van der Waals surface area contributed by atoms with Crippen molar-refractivity contribution in [3.63, 3.8) is 0 Å². The number of aromatic nitrogens is 2. The summed E-state index contributed by atoms with van der Waals surface area (Å²) >= 11 is 0. The number of hydrogen-bond acceptors (Lipinski definition) is 2. The maximum Gasteiger partial charge on any atom is 0.0640 e. The van der Waals surface area contributed by atoms with E-state index in [1.165, 1.54) is 32.1 Å². The van der Waals surface area contributed by atoms with Crippen LogP contribution in [0.25, 0.3) is 0 Å². The van der Waals surface area contributed by atoms with E-state index in [9.17, 15) is 0 Å². The lowest BCUT2D eigenvalue weighted by molar-refractivity contribution is 0.217. The number of aryl methyl sites for hydroxylation is 1. The molecule has 0 bridgehead atoms. The summed E-state index contributed by atoms with van der Waals surface area (Å²) in [7, 11) is 1.96. The Bertz CT molecular complexity index is 337. The van der Waals surface area contributed by atoms with Crippen LogP contribution in [0.1, 0.15) is 44.7 Å². The third kappa shape index (κ3) is 2.14. The first-order valence-electron chi connectivity index (χ1n) is 6.40. The van der Waals surface area contributed by atoms with Crippen molar-refractivity contribution >= 4 is 0 Å². The van der Waals surface area contributed by atoms with Gasteiger partial charge in [-0.1, -0.05) is 19.8 Å². The molecule has 0 aromatic carbocycles. The van der Waals surface area contributed by atoms with E-state index >= 15 is 0 Å². The Kier molecular flexibility index (Phi) is 3.33. The van der Waals surface area contributed by atoms with Crippen LogP contribution in [-0.2, 0) is 13.5 Å². The minimum absolute atomic E-state index is 0.273. The van der Waals surface area contributed by atoms with Crippen LogP contribution in [0.4, 0.5) is 0 Å². The second-order valence-corrected chi connectivity index (χ2v) is 5.21. The van der Waals surface area contributed by atoms with Gasteiger partial charge >= 0.3 is 0 Å². The SMILES string of the molecule is CCC1(C(N)Cc2ccn(C)n2)CCCC1. The van der Waals surface area contributed by atoms with Gasteiger partial charge in [0, 0.05) is 25.7 Å². The molecule has 3 nitrogen and oxygen atoms in total. The lowest BCUT2D eigenvalue weighted by Gasteiger charge is -2.34. The Morgan fingerprint density at radius 3 is 2.69 bits per heavy atom. The van der Waals surface area contributed by atoms with Gasteiger partial charge < -0.3 is 5.73 Å². The molecule has 3 heteroatoms. The summed E-state index contributed by atoms with van der Waals surface area (Å²) in [5, 5.41) is 4.42. The van der Waals surface area contributed by atoms with Crippen LogP contribution >= 0.6 is 0 Å². The molecule has 1 aliphatic carbocycles. The summed E-state index contributed by atoms with van der Waals surface area (Å²) in [6, 6.07) is 2.35. The van der Waals surface area contributed by atoms with E-state index in [0.29, 0.717) is 5.41 Å². The Balaban J connectivity index is 2.03. The molecule has 90 valence electrons. The summed E-state index contributed by atoms with van der Waals surface area (Å²) in [6.07, 6.45) is 9.44. The predicted octanol–water partition coefficient (Wildman–Crippen LogP) is 2.26. The molecule has 16 heavy (non-hydrogen) atoms. The van der Waals surface area contributed by atoms with Crippen LogP contribution < -0.4 is 5.73 Å². The highest BCUT2D eigenvalue weighted by Crippen LogP contribution is 2.43. The molecule has 1 aromatic rings. The molecule has 0 aliphatic heterocycles. The quantitative estimate of drug-likeness (QED) is 0.847. The largest absolute Gasteiger partial charge is 0.327 e. The minimum Gasteiger partial charge on any atom is -0.327 e. The molecule has 1 aliphatic rings. The topological polar surface area (TPSA) is 43.8 Å². The first kappa shape index (κ1) is 11.6. The van der Waals surface area contributed by atoms with Crippen molar-refractivity contribution in [2.75, 3.05) is 0 Å². The lowest BCUT2D eigenvalue weighted by Crippen LogP contribution is -2.41. The van der Waals surface area contributed by atoms with E-state index in [2.05, 4.69) is 18.1 Å². The Labute approximate surface area is 98.0 Å². The highest BCUT2D eigenvalue weighted by Gasteiger charge is 2.37. The molecule has 1 heterocycles. The van der Waals surface area contributed by atoms with Gasteiger partial charge in [-0.3, -0.25) is 4.68 Å². The standard InChI is InChI=1S/C13H23N3/c1-3-13(7-4-5-8-13)12(14)10-11-6-9-16(2)15-11/h6,9,12H,3-5,7-8,10,14H2,1-2H3. The molecule has 1 fully saturated rings. The van der Waals surface area contributed by atoms with Crippen molar-refractivity contribution in [2.24, 2.45) is 18.2 Å². The number of nitrogens with zero attached hydrogens (tertiary/aromatic N) is 2. The highest BCUT2D eigenvalue weighted by atomic mass is 15.2. The molecule has 1 unspecified atom stereocenters. The summed E-state index contributed by atoms with van der Waals surface area (Å²) < 4.78 is 1.86. The zero-order chi connectivity index (χ0) is 11.6. The summed E-state index contributed by atoms with van der Waals surface area (Å²) in [4.78, 5) is 0. The van der Waals surface area contributed by atoms with Crippen molar-refractivity contribution in [3.8, 4) is 0 Å². The van der Waals surface area contributed by atoms with Gasteiger partial charge in [0.25, 0.3) is 0 Å². The lowest BCUT2D eigenvalue weighted by atomic mass is 9.75. The zero-order valence-corrected chi connectivity index (χ0v) is 10.4. The average Bonchev–Trinajstić information content (AvgIpc) is 2.88. The third-order valence-electron chi connectivity index (χ3n) is 4.29. The van der Waals surface area contributed by atoms with E-state index in [4.69, 9.17) is 5.73 Å². The number of hydrogen-bond donors (Lipinski definition) is 1. The van der Waals surface area contributed by atoms with E-state index in [1.54, 1.807) is 0 Å². The smallest absolute Gasteiger partial charge is 0.0640 e. The molecule has 1 atom stereocenters. The zero-order valence-electron chi connectivity index (χ0n) is 10.4. The molecule has 2 N–H and O–H groups in total. The van der Waals surface area contributed by atoms with Gasteiger partial charge in [0.05, 0.1) is 5.69 Å². The first-order chi connectivity index (χ1) is 7.66. The van der Waals surface area contributed by atoms with Crippen LogP contribution in [0.15, 0.2) is 12.3 Å². The summed E-state index contributed by atoms with van der Waals surface area (Å²) in [6.45, 7) is 2.28. The van der Waals surface area contributed by atoms with Gasteiger partial charge in [-0.2, -0.15) is 5.10 Å². The maximum absolute atomic E-state index is 6.42. The van der Waals surface area contributed by atoms with E-state index < -0.39 is 0 Å². The van der Waals surface area contributed by atoms with Crippen molar-refractivity contribution in [1.82, 2.24) is 9.78 Å². The molecule has 0 spiro atoms. The van der Waals surface area contributed by atoms with Crippen molar-refractivity contribution in [1.29, 1.82) is 0 Å². The fourth-order valence-corrected chi connectivity index (χ4v) is 3.08. The van der Waals surface area contributed by atoms with Gasteiger partial charge in [0.2, 0.25) is 0 Å². The van der Waals surface area contributed by atoms with Gasteiger partial charge in [0.15, 0.2) is 0 Å². The van der Waals surface area contributed by atoms with E-state index in [1.807, 2.05) is 17.9 Å². The normalized spacial score (nSPS) is 21.2. The second-order valence-electron chi connectivity index (χ2n) is 5.21.